The summed E-state index contributed by atoms with van der Waals surface area (Å²) in [4.78, 5) is 12.1. The van der Waals surface area contributed by atoms with Crippen molar-refractivity contribution in [2.75, 3.05) is 12.3 Å². The molecule has 1 heterocycles. The van der Waals surface area contributed by atoms with Crippen molar-refractivity contribution >= 4 is 27.6 Å². The number of anilines is 1. The SMILES string of the molecule is Cc1c(N)cc(Br)cc1C(=O)OCC1CCC(C)(C)O1. The van der Waals surface area contributed by atoms with E-state index in [-0.39, 0.29) is 24.3 Å². The minimum atomic E-state index is -0.358. The topological polar surface area (TPSA) is 61.6 Å². The van der Waals surface area contributed by atoms with Gasteiger partial charge in [0.1, 0.15) is 6.61 Å². The number of carbonyl (C=O) groups excluding carboxylic acids is 1. The molecule has 20 heavy (non-hydrogen) atoms. The Kier molecular flexibility index (Phi) is 4.39. The van der Waals surface area contributed by atoms with E-state index in [4.69, 9.17) is 15.2 Å². The van der Waals surface area contributed by atoms with Gasteiger partial charge in [-0.25, -0.2) is 4.79 Å². The monoisotopic (exact) mass is 341 g/mol. The van der Waals surface area contributed by atoms with E-state index in [1.807, 2.05) is 20.8 Å². The number of hydrogen-bond donors (Lipinski definition) is 1. The van der Waals surface area contributed by atoms with Crippen molar-refractivity contribution in [1.82, 2.24) is 0 Å². The minimum absolute atomic E-state index is 0.0150. The third-order valence-corrected chi connectivity index (χ3v) is 4.04. The summed E-state index contributed by atoms with van der Waals surface area (Å²) in [5, 5.41) is 0. The standard InChI is InChI=1S/C15H20BrNO3/c1-9-12(6-10(16)7-13(9)17)14(18)19-8-11-4-5-15(2,3)20-11/h6-7,11H,4-5,8,17H2,1-3H3. The second-order valence-corrected chi connectivity index (χ2v) is 6.72. The summed E-state index contributed by atoms with van der Waals surface area (Å²) in [7, 11) is 0. The molecule has 1 fully saturated rings. The molecule has 5 heteroatoms. The highest BCUT2D eigenvalue weighted by atomic mass is 79.9. The fraction of sp³-hybridized carbons (Fsp3) is 0.533. The van der Waals surface area contributed by atoms with Crippen LogP contribution in [0.4, 0.5) is 5.69 Å². The van der Waals surface area contributed by atoms with Gasteiger partial charge in [-0.2, -0.15) is 0 Å². The molecule has 1 saturated heterocycles. The molecule has 0 aliphatic carbocycles. The first-order valence-electron chi connectivity index (χ1n) is 6.69. The van der Waals surface area contributed by atoms with Gasteiger partial charge >= 0.3 is 5.97 Å². The third kappa shape index (κ3) is 3.52. The number of ether oxygens (including phenoxy) is 2. The summed E-state index contributed by atoms with van der Waals surface area (Å²) < 4.78 is 11.9. The van der Waals surface area contributed by atoms with Crippen LogP contribution < -0.4 is 5.73 Å². The molecule has 2 N–H and O–H groups in total. The van der Waals surface area contributed by atoms with Crippen LogP contribution in [0.2, 0.25) is 0 Å². The van der Waals surface area contributed by atoms with Gasteiger partial charge in [0.25, 0.3) is 0 Å². The first kappa shape index (κ1) is 15.3. The molecule has 1 atom stereocenters. The molecule has 1 aromatic carbocycles. The van der Waals surface area contributed by atoms with Gasteiger partial charge in [0.15, 0.2) is 0 Å². The van der Waals surface area contributed by atoms with Crippen LogP contribution in [0.1, 0.15) is 42.6 Å². The Balaban J connectivity index is 1.99. The molecule has 0 bridgehead atoms. The van der Waals surface area contributed by atoms with Crippen LogP contribution in [-0.2, 0) is 9.47 Å². The van der Waals surface area contributed by atoms with E-state index in [0.717, 1.165) is 22.9 Å². The number of carbonyl (C=O) groups is 1. The maximum Gasteiger partial charge on any atom is 0.338 e. The predicted molar refractivity (Wildman–Crippen MR) is 81.8 cm³/mol. The lowest BCUT2D eigenvalue weighted by Crippen LogP contribution is -2.24. The molecular weight excluding hydrogens is 322 g/mol. The van der Waals surface area contributed by atoms with E-state index >= 15 is 0 Å². The molecule has 0 radical (unpaired) electrons. The van der Waals surface area contributed by atoms with E-state index in [1.54, 1.807) is 12.1 Å². The molecule has 1 aliphatic rings. The second kappa shape index (κ2) is 5.74. The van der Waals surface area contributed by atoms with E-state index in [2.05, 4.69) is 15.9 Å². The first-order chi connectivity index (χ1) is 9.28. The Bertz CT molecular complexity index is 528. The van der Waals surface area contributed by atoms with Crippen LogP contribution in [0, 0.1) is 6.92 Å². The van der Waals surface area contributed by atoms with Gasteiger partial charge in [0.05, 0.1) is 17.3 Å². The largest absolute Gasteiger partial charge is 0.459 e. The highest BCUT2D eigenvalue weighted by Gasteiger charge is 2.32. The van der Waals surface area contributed by atoms with E-state index < -0.39 is 0 Å². The predicted octanol–water partition coefficient (Wildman–Crippen LogP) is 3.45. The molecule has 1 aromatic rings. The smallest absolute Gasteiger partial charge is 0.338 e. The average molecular weight is 342 g/mol. The molecule has 110 valence electrons. The summed E-state index contributed by atoms with van der Waals surface area (Å²) >= 11 is 3.34. The van der Waals surface area contributed by atoms with Gasteiger partial charge in [-0.15, -0.1) is 0 Å². The number of esters is 1. The lowest BCUT2D eigenvalue weighted by Gasteiger charge is -2.19. The molecule has 1 aliphatic heterocycles. The average Bonchev–Trinajstić information content (AvgIpc) is 2.70. The van der Waals surface area contributed by atoms with E-state index in [1.165, 1.54) is 0 Å². The minimum Gasteiger partial charge on any atom is -0.459 e. The fourth-order valence-corrected chi connectivity index (χ4v) is 2.83. The van der Waals surface area contributed by atoms with Crippen molar-refractivity contribution in [1.29, 1.82) is 0 Å². The molecule has 1 unspecified atom stereocenters. The van der Waals surface area contributed by atoms with E-state index in [0.29, 0.717) is 11.3 Å². The van der Waals surface area contributed by atoms with Crippen LogP contribution in [0.15, 0.2) is 16.6 Å². The van der Waals surface area contributed by atoms with Crippen LogP contribution in [0.3, 0.4) is 0 Å². The molecular formula is C15H20BrNO3. The maximum absolute atomic E-state index is 12.1. The quantitative estimate of drug-likeness (QED) is 0.675. The van der Waals surface area contributed by atoms with Gasteiger partial charge in [-0.1, -0.05) is 15.9 Å². The summed E-state index contributed by atoms with van der Waals surface area (Å²) in [5.74, 6) is -0.358. The highest BCUT2D eigenvalue weighted by molar-refractivity contribution is 9.10. The number of nitrogen functional groups attached to an aromatic ring is 1. The van der Waals surface area contributed by atoms with Crippen molar-refractivity contribution in [3.8, 4) is 0 Å². The van der Waals surface area contributed by atoms with Gasteiger partial charge in [0.2, 0.25) is 0 Å². The number of rotatable bonds is 3. The Morgan fingerprint density at radius 2 is 2.25 bits per heavy atom. The molecule has 0 amide bonds. The van der Waals surface area contributed by atoms with Crippen molar-refractivity contribution < 1.29 is 14.3 Å². The van der Waals surface area contributed by atoms with Gasteiger partial charge in [0, 0.05) is 10.2 Å². The Morgan fingerprint density at radius 1 is 1.55 bits per heavy atom. The van der Waals surface area contributed by atoms with Crippen molar-refractivity contribution in [2.24, 2.45) is 0 Å². The van der Waals surface area contributed by atoms with E-state index in [9.17, 15) is 4.79 Å². The zero-order chi connectivity index (χ0) is 14.9. The molecule has 2 rings (SSSR count). The highest BCUT2D eigenvalue weighted by Crippen LogP contribution is 2.30. The number of benzene rings is 1. The van der Waals surface area contributed by atoms with Gasteiger partial charge in [-0.05, 0) is 51.3 Å². The van der Waals surface area contributed by atoms with Crippen LogP contribution >= 0.6 is 15.9 Å². The van der Waals surface area contributed by atoms with Crippen LogP contribution in [0.5, 0.6) is 0 Å². The van der Waals surface area contributed by atoms with Gasteiger partial charge in [-0.3, -0.25) is 0 Å². The fourth-order valence-electron chi connectivity index (χ4n) is 2.35. The lowest BCUT2D eigenvalue weighted by molar-refractivity contribution is -0.0445. The first-order valence-corrected chi connectivity index (χ1v) is 7.48. The number of hydrogen-bond acceptors (Lipinski definition) is 4. The Labute approximate surface area is 127 Å². The Hall–Kier alpha value is -1.07. The summed E-state index contributed by atoms with van der Waals surface area (Å²) in [6.07, 6.45) is 1.89. The van der Waals surface area contributed by atoms with Crippen LogP contribution in [0.25, 0.3) is 0 Å². The van der Waals surface area contributed by atoms with Crippen molar-refractivity contribution in [3.63, 3.8) is 0 Å². The summed E-state index contributed by atoms with van der Waals surface area (Å²) in [5.41, 5.74) is 7.54. The zero-order valence-electron chi connectivity index (χ0n) is 12.0. The van der Waals surface area contributed by atoms with Gasteiger partial charge < -0.3 is 15.2 Å². The molecule has 0 aromatic heterocycles. The third-order valence-electron chi connectivity index (χ3n) is 3.59. The van der Waals surface area contributed by atoms with Crippen molar-refractivity contribution in [2.45, 2.75) is 45.3 Å². The number of halogens is 1. The molecule has 4 nitrogen and oxygen atoms in total. The lowest BCUT2D eigenvalue weighted by atomic mass is 10.1. The normalized spacial score (nSPS) is 20.9. The van der Waals surface area contributed by atoms with Crippen molar-refractivity contribution in [3.05, 3.63) is 27.7 Å². The number of nitrogens with two attached hydrogens (primary N) is 1. The molecule has 0 saturated carbocycles. The zero-order valence-corrected chi connectivity index (χ0v) is 13.6. The second-order valence-electron chi connectivity index (χ2n) is 5.80. The van der Waals surface area contributed by atoms with Crippen LogP contribution in [-0.4, -0.2) is 24.3 Å². The summed E-state index contributed by atoms with van der Waals surface area (Å²) in [6, 6.07) is 3.50. The molecule has 0 spiro atoms. The Morgan fingerprint density at radius 3 is 2.85 bits per heavy atom. The maximum atomic E-state index is 12.1. The summed E-state index contributed by atoms with van der Waals surface area (Å²) in [6.45, 7) is 6.20.